The monoisotopic (exact) mass is 241 g/mol. The van der Waals surface area contributed by atoms with Gasteiger partial charge in [0.2, 0.25) is 0 Å². The summed E-state index contributed by atoms with van der Waals surface area (Å²) >= 11 is 0. The van der Waals surface area contributed by atoms with Crippen LogP contribution in [0.15, 0.2) is 43.2 Å². The second-order valence-corrected chi connectivity index (χ2v) is 4.64. The van der Waals surface area contributed by atoms with E-state index in [0.29, 0.717) is 5.92 Å². The van der Waals surface area contributed by atoms with Crippen molar-refractivity contribution in [1.82, 2.24) is 9.78 Å². The maximum atomic E-state index is 4.15. The topological polar surface area (TPSA) is 29.9 Å². The smallest absolute Gasteiger partial charge is 0.0543 e. The summed E-state index contributed by atoms with van der Waals surface area (Å²) in [6.45, 7) is 8.85. The van der Waals surface area contributed by atoms with Crippen LogP contribution in [0.3, 0.4) is 0 Å². The van der Waals surface area contributed by atoms with Gasteiger partial charge in [-0.15, -0.1) is 0 Å². The van der Waals surface area contributed by atoms with E-state index in [1.807, 2.05) is 12.4 Å². The lowest BCUT2D eigenvalue weighted by molar-refractivity contribution is 0.866. The molecule has 0 fully saturated rings. The molecule has 1 N–H and O–H groups in total. The van der Waals surface area contributed by atoms with Crippen LogP contribution >= 0.6 is 0 Å². The molecule has 3 nitrogen and oxygen atoms in total. The zero-order chi connectivity index (χ0) is 13.0. The normalized spacial score (nSPS) is 10.6. The Bertz CT molecular complexity index is 526. The van der Waals surface area contributed by atoms with Gasteiger partial charge in [0.1, 0.15) is 0 Å². The first-order valence-corrected chi connectivity index (χ1v) is 6.18. The molecule has 1 aromatic heterocycles. The maximum absolute atomic E-state index is 4.15. The molecule has 0 bridgehead atoms. The van der Waals surface area contributed by atoms with Crippen LogP contribution in [0.5, 0.6) is 0 Å². The Balaban J connectivity index is 2.01. The first kappa shape index (κ1) is 12.4. The molecule has 0 aliphatic rings. The van der Waals surface area contributed by atoms with E-state index in [1.54, 1.807) is 10.9 Å². The highest BCUT2D eigenvalue weighted by atomic mass is 15.2. The summed E-state index contributed by atoms with van der Waals surface area (Å²) in [4.78, 5) is 0. The summed E-state index contributed by atoms with van der Waals surface area (Å²) in [5, 5.41) is 7.56. The molecule has 0 amide bonds. The molecular formula is C15H19N3. The van der Waals surface area contributed by atoms with Crippen LogP contribution in [0.2, 0.25) is 0 Å². The Morgan fingerprint density at radius 2 is 2.28 bits per heavy atom. The summed E-state index contributed by atoms with van der Waals surface area (Å²) in [6, 6.07) is 8.53. The van der Waals surface area contributed by atoms with Crippen molar-refractivity contribution in [2.75, 3.05) is 5.32 Å². The van der Waals surface area contributed by atoms with Gasteiger partial charge in [-0.3, -0.25) is 0 Å². The van der Waals surface area contributed by atoms with Gasteiger partial charge in [0.05, 0.1) is 6.20 Å². The van der Waals surface area contributed by atoms with E-state index in [4.69, 9.17) is 0 Å². The fourth-order valence-electron chi connectivity index (χ4n) is 1.78. The molecule has 0 atom stereocenters. The first-order chi connectivity index (χ1) is 8.69. The summed E-state index contributed by atoms with van der Waals surface area (Å²) in [5.41, 5.74) is 3.64. The van der Waals surface area contributed by atoms with Crippen LogP contribution in [0.1, 0.15) is 30.9 Å². The van der Waals surface area contributed by atoms with Gasteiger partial charge >= 0.3 is 0 Å². The zero-order valence-electron chi connectivity index (χ0n) is 10.9. The number of anilines is 1. The second-order valence-electron chi connectivity index (χ2n) is 4.64. The highest BCUT2D eigenvalue weighted by Gasteiger charge is 2.01. The van der Waals surface area contributed by atoms with Crippen LogP contribution < -0.4 is 5.32 Å². The second kappa shape index (κ2) is 5.54. The third-order valence-electron chi connectivity index (χ3n) is 2.89. The molecule has 1 aromatic carbocycles. The number of hydrogen-bond acceptors (Lipinski definition) is 2. The van der Waals surface area contributed by atoms with Gasteiger partial charge in [0.25, 0.3) is 0 Å². The van der Waals surface area contributed by atoms with E-state index < -0.39 is 0 Å². The Morgan fingerprint density at radius 1 is 1.44 bits per heavy atom. The maximum Gasteiger partial charge on any atom is 0.0543 e. The quantitative estimate of drug-likeness (QED) is 0.864. The average molecular weight is 241 g/mol. The minimum Gasteiger partial charge on any atom is -0.381 e. The van der Waals surface area contributed by atoms with Gasteiger partial charge in [-0.25, -0.2) is 4.68 Å². The zero-order valence-corrected chi connectivity index (χ0v) is 10.9. The van der Waals surface area contributed by atoms with Crippen LogP contribution in [-0.2, 0) is 6.54 Å². The van der Waals surface area contributed by atoms with Crippen molar-refractivity contribution in [3.63, 3.8) is 0 Å². The lowest BCUT2D eigenvalue weighted by Crippen LogP contribution is -1.99. The van der Waals surface area contributed by atoms with E-state index in [9.17, 15) is 0 Å². The number of nitrogens with one attached hydrogen (secondary N) is 1. The van der Waals surface area contributed by atoms with Crippen molar-refractivity contribution >= 4 is 11.9 Å². The van der Waals surface area contributed by atoms with E-state index in [2.05, 4.69) is 55.1 Å². The third-order valence-corrected chi connectivity index (χ3v) is 2.89. The molecule has 3 heteroatoms. The number of benzene rings is 1. The van der Waals surface area contributed by atoms with Crippen molar-refractivity contribution < 1.29 is 0 Å². The molecule has 0 saturated carbocycles. The molecule has 0 unspecified atom stereocenters. The van der Waals surface area contributed by atoms with E-state index in [1.165, 1.54) is 5.56 Å². The van der Waals surface area contributed by atoms with E-state index in [0.717, 1.165) is 17.8 Å². The molecular weight excluding hydrogens is 222 g/mol. The molecule has 94 valence electrons. The summed E-state index contributed by atoms with van der Waals surface area (Å²) in [5.74, 6) is 0.551. The van der Waals surface area contributed by atoms with Crippen LogP contribution in [0.4, 0.5) is 5.69 Å². The minimum atomic E-state index is 0.551. The lowest BCUT2D eigenvalue weighted by Gasteiger charge is -2.09. The molecule has 2 rings (SSSR count). The van der Waals surface area contributed by atoms with Gasteiger partial charge < -0.3 is 5.32 Å². The van der Waals surface area contributed by atoms with Crippen LogP contribution in [-0.4, -0.2) is 9.78 Å². The highest BCUT2D eigenvalue weighted by molar-refractivity contribution is 5.46. The van der Waals surface area contributed by atoms with E-state index in [-0.39, 0.29) is 0 Å². The number of nitrogens with zero attached hydrogens (tertiary/aromatic N) is 2. The molecule has 1 heterocycles. The van der Waals surface area contributed by atoms with Gasteiger partial charge in [0.15, 0.2) is 0 Å². The lowest BCUT2D eigenvalue weighted by atomic mass is 10.0. The van der Waals surface area contributed by atoms with E-state index >= 15 is 0 Å². The number of aromatic nitrogens is 2. The van der Waals surface area contributed by atoms with Gasteiger partial charge in [0, 0.05) is 30.2 Å². The van der Waals surface area contributed by atoms with Crippen molar-refractivity contribution in [2.45, 2.75) is 26.3 Å². The Hall–Kier alpha value is -2.03. The number of hydrogen-bond donors (Lipinski definition) is 1. The predicted octanol–water partition coefficient (Wildman–Crippen LogP) is 3.72. The Labute approximate surface area is 108 Å². The van der Waals surface area contributed by atoms with Gasteiger partial charge in [-0.1, -0.05) is 32.6 Å². The summed E-state index contributed by atoms with van der Waals surface area (Å²) in [6.07, 6.45) is 5.50. The van der Waals surface area contributed by atoms with Crippen LogP contribution in [0, 0.1) is 0 Å². The molecule has 0 radical (unpaired) electrons. The fraction of sp³-hybridized carbons (Fsp3) is 0.267. The van der Waals surface area contributed by atoms with Crippen molar-refractivity contribution in [2.24, 2.45) is 0 Å². The van der Waals surface area contributed by atoms with Crippen LogP contribution in [0.25, 0.3) is 6.20 Å². The highest BCUT2D eigenvalue weighted by Crippen LogP contribution is 2.18. The summed E-state index contributed by atoms with van der Waals surface area (Å²) < 4.78 is 1.71. The summed E-state index contributed by atoms with van der Waals surface area (Å²) in [7, 11) is 0. The standard InChI is InChI=1S/C15H19N3/c1-4-18-11-13(10-17-18)9-16-15-7-5-6-14(8-15)12(2)3/h4-8,10-12,16H,1,9H2,2-3H3. The molecule has 0 spiro atoms. The Kier molecular flexibility index (Phi) is 3.82. The number of rotatable bonds is 5. The molecule has 2 aromatic rings. The fourth-order valence-corrected chi connectivity index (χ4v) is 1.78. The van der Waals surface area contributed by atoms with Crippen molar-refractivity contribution in [3.05, 3.63) is 54.4 Å². The molecule has 0 saturated heterocycles. The Morgan fingerprint density at radius 3 is 2.94 bits per heavy atom. The molecule has 0 aliphatic heterocycles. The average Bonchev–Trinajstić information content (AvgIpc) is 2.84. The van der Waals surface area contributed by atoms with Crippen molar-refractivity contribution in [3.8, 4) is 0 Å². The predicted molar refractivity (Wildman–Crippen MR) is 76.5 cm³/mol. The van der Waals surface area contributed by atoms with Gasteiger partial charge in [-0.05, 0) is 23.6 Å². The molecule has 18 heavy (non-hydrogen) atoms. The van der Waals surface area contributed by atoms with Crippen molar-refractivity contribution in [1.29, 1.82) is 0 Å². The third kappa shape index (κ3) is 3.00. The minimum absolute atomic E-state index is 0.551. The van der Waals surface area contributed by atoms with Gasteiger partial charge in [-0.2, -0.15) is 5.10 Å². The largest absolute Gasteiger partial charge is 0.381 e. The molecule has 0 aliphatic carbocycles. The SMILES string of the molecule is C=Cn1cc(CNc2cccc(C(C)C)c2)cn1. The first-order valence-electron chi connectivity index (χ1n) is 6.18.